The van der Waals surface area contributed by atoms with Crippen LogP contribution in [0.3, 0.4) is 0 Å². The third-order valence-corrected chi connectivity index (χ3v) is 3.11. The van der Waals surface area contributed by atoms with Crippen molar-refractivity contribution in [2.45, 2.75) is 12.6 Å². The van der Waals surface area contributed by atoms with E-state index in [2.05, 4.69) is 5.10 Å². The molecular formula is C14H19N3O3. The summed E-state index contributed by atoms with van der Waals surface area (Å²) in [5, 5.41) is 14.8. The van der Waals surface area contributed by atoms with Crippen molar-refractivity contribution in [1.82, 2.24) is 14.7 Å². The Morgan fingerprint density at radius 3 is 3.00 bits per heavy atom. The number of carbonyl (C=O) groups is 1. The summed E-state index contributed by atoms with van der Waals surface area (Å²) < 4.78 is 6.51. The van der Waals surface area contributed by atoms with Crippen molar-refractivity contribution < 1.29 is 14.6 Å². The third-order valence-electron chi connectivity index (χ3n) is 3.11. The number of carbonyl (C=O) groups excluding carboxylic acids is 1. The molecule has 6 heteroatoms. The van der Waals surface area contributed by atoms with Crippen LogP contribution in [0.4, 0.5) is 0 Å². The van der Waals surface area contributed by atoms with Crippen LogP contribution < -0.4 is 0 Å². The van der Waals surface area contributed by atoms with Crippen molar-refractivity contribution in [1.29, 1.82) is 0 Å². The lowest BCUT2D eigenvalue weighted by atomic mass is 10.2. The smallest absolute Gasteiger partial charge is 0.244 e. The molecule has 1 N–H and O–H groups in total. The molecule has 108 valence electrons. The second kappa shape index (κ2) is 6.49. The SMILES string of the molecule is COC[C@@H](O)CN(C)C(=O)Cn1ncc2ccccc21. The van der Waals surface area contributed by atoms with Gasteiger partial charge >= 0.3 is 0 Å². The summed E-state index contributed by atoms with van der Waals surface area (Å²) in [6.45, 7) is 0.609. The highest BCUT2D eigenvalue weighted by Gasteiger charge is 2.15. The number of fused-ring (bicyclic) bond motifs is 1. The van der Waals surface area contributed by atoms with E-state index in [-0.39, 0.29) is 25.6 Å². The van der Waals surface area contributed by atoms with Gasteiger partial charge in [-0.25, -0.2) is 0 Å². The van der Waals surface area contributed by atoms with Crippen molar-refractivity contribution >= 4 is 16.8 Å². The summed E-state index contributed by atoms with van der Waals surface area (Å²) in [5.41, 5.74) is 0.923. The van der Waals surface area contributed by atoms with Gasteiger partial charge in [-0.2, -0.15) is 5.10 Å². The highest BCUT2D eigenvalue weighted by molar-refractivity contribution is 5.81. The van der Waals surface area contributed by atoms with E-state index in [9.17, 15) is 9.90 Å². The molecule has 6 nitrogen and oxygen atoms in total. The lowest BCUT2D eigenvalue weighted by Gasteiger charge is -2.20. The normalized spacial score (nSPS) is 12.6. The molecule has 0 aliphatic heterocycles. The summed E-state index contributed by atoms with van der Waals surface area (Å²) in [4.78, 5) is 13.6. The molecule has 0 aliphatic rings. The Balaban J connectivity index is 2.00. The minimum absolute atomic E-state index is 0.103. The zero-order chi connectivity index (χ0) is 14.5. The number of methoxy groups -OCH3 is 1. The van der Waals surface area contributed by atoms with Gasteiger partial charge in [-0.1, -0.05) is 18.2 Å². The fourth-order valence-electron chi connectivity index (χ4n) is 2.06. The molecule has 2 rings (SSSR count). The highest BCUT2D eigenvalue weighted by Crippen LogP contribution is 2.12. The van der Waals surface area contributed by atoms with E-state index in [1.807, 2.05) is 24.3 Å². The Kier molecular flexibility index (Phi) is 4.70. The third kappa shape index (κ3) is 3.34. The lowest BCUT2D eigenvalue weighted by molar-refractivity contribution is -0.132. The summed E-state index contributed by atoms with van der Waals surface area (Å²) in [7, 11) is 3.17. The average Bonchev–Trinajstić information content (AvgIpc) is 2.82. The predicted octanol–water partition coefficient (Wildman–Crippen LogP) is 0.502. The Morgan fingerprint density at radius 2 is 2.25 bits per heavy atom. The second-order valence-electron chi connectivity index (χ2n) is 4.74. The first kappa shape index (κ1) is 14.5. The van der Waals surface area contributed by atoms with Gasteiger partial charge in [0.05, 0.1) is 24.4 Å². The van der Waals surface area contributed by atoms with Crippen LogP contribution in [0.2, 0.25) is 0 Å². The molecule has 1 heterocycles. The van der Waals surface area contributed by atoms with Crippen molar-refractivity contribution in [3.05, 3.63) is 30.5 Å². The number of nitrogens with zero attached hydrogens (tertiary/aromatic N) is 3. The standard InChI is InChI=1S/C14H19N3O3/c1-16(8-12(18)10-20-2)14(19)9-17-13-6-4-3-5-11(13)7-15-17/h3-7,12,18H,8-10H2,1-2H3/t12-/m0/s1. The van der Waals surface area contributed by atoms with Crippen LogP contribution >= 0.6 is 0 Å². The maximum absolute atomic E-state index is 12.1. The highest BCUT2D eigenvalue weighted by atomic mass is 16.5. The van der Waals surface area contributed by atoms with Gasteiger partial charge in [-0.05, 0) is 6.07 Å². The number of aliphatic hydroxyl groups is 1. The van der Waals surface area contributed by atoms with E-state index in [0.717, 1.165) is 10.9 Å². The number of hydrogen-bond acceptors (Lipinski definition) is 4. The molecule has 0 saturated carbocycles. The van der Waals surface area contributed by atoms with Crippen molar-refractivity contribution in [2.24, 2.45) is 0 Å². The molecule has 0 aliphatic carbocycles. The lowest BCUT2D eigenvalue weighted by Crippen LogP contribution is -2.38. The van der Waals surface area contributed by atoms with Crippen LogP contribution in [0.25, 0.3) is 10.9 Å². The predicted molar refractivity (Wildman–Crippen MR) is 75.3 cm³/mol. The number of ether oxygens (including phenoxy) is 1. The van der Waals surface area contributed by atoms with Gasteiger partial charge in [0, 0.05) is 26.1 Å². The van der Waals surface area contributed by atoms with E-state index in [0.29, 0.717) is 0 Å². The molecule has 1 aromatic carbocycles. The first-order valence-electron chi connectivity index (χ1n) is 6.43. The number of aliphatic hydroxyl groups excluding tert-OH is 1. The first-order valence-corrected chi connectivity index (χ1v) is 6.43. The number of rotatable bonds is 6. The Hall–Kier alpha value is -1.92. The number of benzene rings is 1. The van der Waals surface area contributed by atoms with E-state index < -0.39 is 6.10 Å². The fourth-order valence-corrected chi connectivity index (χ4v) is 2.06. The van der Waals surface area contributed by atoms with E-state index in [1.165, 1.54) is 12.0 Å². The number of hydrogen-bond donors (Lipinski definition) is 1. The molecule has 1 amide bonds. The molecule has 0 bridgehead atoms. The molecule has 1 aromatic heterocycles. The molecule has 0 saturated heterocycles. The van der Waals surface area contributed by atoms with Gasteiger partial charge in [0.15, 0.2) is 0 Å². The molecule has 20 heavy (non-hydrogen) atoms. The van der Waals surface area contributed by atoms with E-state index >= 15 is 0 Å². The van der Waals surface area contributed by atoms with Crippen LogP contribution in [-0.4, -0.2) is 59.1 Å². The number of para-hydroxylation sites is 1. The second-order valence-corrected chi connectivity index (χ2v) is 4.74. The molecule has 2 aromatic rings. The Labute approximate surface area is 117 Å². The van der Waals surface area contributed by atoms with Crippen LogP contribution in [-0.2, 0) is 16.1 Å². The number of aromatic nitrogens is 2. The zero-order valence-corrected chi connectivity index (χ0v) is 11.7. The van der Waals surface area contributed by atoms with Gasteiger partial charge in [0.25, 0.3) is 0 Å². The Morgan fingerprint density at radius 1 is 1.50 bits per heavy atom. The van der Waals surface area contributed by atoms with Gasteiger partial charge in [0.2, 0.25) is 5.91 Å². The summed E-state index contributed by atoms with van der Waals surface area (Å²) in [6, 6.07) is 7.73. The average molecular weight is 277 g/mol. The van der Waals surface area contributed by atoms with Crippen LogP contribution in [0.5, 0.6) is 0 Å². The van der Waals surface area contributed by atoms with Gasteiger partial charge in [0.1, 0.15) is 6.54 Å². The largest absolute Gasteiger partial charge is 0.389 e. The van der Waals surface area contributed by atoms with Crippen molar-refractivity contribution in [3.8, 4) is 0 Å². The van der Waals surface area contributed by atoms with Crippen LogP contribution in [0.1, 0.15) is 0 Å². The summed E-state index contributed by atoms with van der Waals surface area (Å²) >= 11 is 0. The molecule has 1 atom stereocenters. The molecule has 0 unspecified atom stereocenters. The number of amides is 1. The van der Waals surface area contributed by atoms with Gasteiger partial charge in [-0.3, -0.25) is 9.48 Å². The summed E-state index contributed by atoms with van der Waals surface area (Å²) in [5.74, 6) is -0.103. The van der Waals surface area contributed by atoms with E-state index in [1.54, 1.807) is 17.9 Å². The molecule has 0 radical (unpaired) electrons. The topological polar surface area (TPSA) is 67.6 Å². The minimum atomic E-state index is -0.677. The Bertz CT molecular complexity index is 582. The summed E-state index contributed by atoms with van der Waals surface area (Å²) in [6.07, 6.45) is 1.06. The minimum Gasteiger partial charge on any atom is -0.389 e. The van der Waals surface area contributed by atoms with Crippen LogP contribution in [0, 0.1) is 0 Å². The van der Waals surface area contributed by atoms with Gasteiger partial charge < -0.3 is 14.7 Å². The number of likely N-dealkylation sites (N-methyl/N-ethyl adjacent to an activating group) is 1. The van der Waals surface area contributed by atoms with E-state index in [4.69, 9.17) is 4.74 Å². The van der Waals surface area contributed by atoms with Crippen molar-refractivity contribution in [2.75, 3.05) is 27.3 Å². The fraction of sp³-hybridized carbons (Fsp3) is 0.429. The maximum atomic E-state index is 12.1. The molecule has 0 fully saturated rings. The molecular weight excluding hydrogens is 258 g/mol. The quantitative estimate of drug-likeness (QED) is 0.835. The first-order chi connectivity index (χ1) is 9.61. The van der Waals surface area contributed by atoms with Crippen molar-refractivity contribution in [3.63, 3.8) is 0 Å². The van der Waals surface area contributed by atoms with Crippen LogP contribution in [0.15, 0.2) is 30.5 Å². The molecule has 0 spiro atoms. The monoisotopic (exact) mass is 277 g/mol. The van der Waals surface area contributed by atoms with Gasteiger partial charge in [-0.15, -0.1) is 0 Å². The maximum Gasteiger partial charge on any atom is 0.244 e. The zero-order valence-electron chi connectivity index (χ0n) is 11.7.